The summed E-state index contributed by atoms with van der Waals surface area (Å²) in [6, 6.07) is 7.84. The largest absolute Gasteiger partial charge is 0.392 e. The van der Waals surface area contributed by atoms with E-state index in [1.165, 1.54) is 12.0 Å². The van der Waals surface area contributed by atoms with E-state index in [2.05, 4.69) is 20.8 Å². The molecule has 23 heavy (non-hydrogen) atoms. The summed E-state index contributed by atoms with van der Waals surface area (Å²) in [5.74, 6) is 1.14. The van der Waals surface area contributed by atoms with Crippen LogP contribution in [-0.2, 0) is 11.4 Å². The molecular formula is C21H42O2. The van der Waals surface area contributed by atoms with Crippen molar-refractivity contribution in [2.45, 2.75) is 88.7 Å². The van der Waals surface area contributed by atoms with Crippen molar-refractivity contribution in [3.8, 4) is 0 Å². The quantitative estimate of drug-likeness (QED) is 0.681. The molecule has 0 unspecified atom stereocenters. The molecule has 0 aliphatic rings. The molecule has 0 amide bonds. The molecule has 0 radical (unpaired) electrons. The average molecular weight is 327 g/mol. The smallest absolute Gasteiger partial charge is 0.129 e. The number of benzene rings is 1. The minimum absolute atomic E-state index is 0.141. The number of ketones is 1. The number of rotatable bonds is 3. The number of carbonyl (C=O) groups excluding carboxylic acids is 1. The first-order chi connectivity index (χ1) is 10.9. The van der Waals surface area contributed by atoms with Gasteiger partial charge in [-0.05, 0) is 25.3 Å². The van der Waals surface area contributed by atoms with E-state index >= 15 is 0 Å². The Bertz CT molecular complexity index is 330. The summed E-state index contributed by atoms with van der Waals surface area (Å²) in [6.45, 7) is 20.2. The molecule has 0 aromatic heterocycles. The second-order valence-corrected chi connectivity index (χ2v) is 5.00. The molecule has 0 fully saturated rings. The van der Waals surface area contributed by atoms with Gasteiger partial charge in [-0.2, -0.15) is 0 Å². The fourth-order valence-corrected chi connectivity index (χ4v) is 0.810. The summed E-state index contributed by atoms with van der Waals surface area (Å²) < 4.78 is 0. The molecule has 2 nitrogen and oxygen atoms in total. The van der Waals surface area contributed by atoms with E-state index in [4.69, 9.17) is 5.11 Å². The van der Waals surface area contributed by atoms with Crippen LogP contribution in [0.2, 0.25) is 0 Å². The number of hydrogen-bond donors (Lipinski definition) is 1. The summed E-state index contributed by atoms with van der Waals surface area (Å²) in [5, 5.41) is 8.66. The van der Waals surface area contributed by atoms with Crippen molar-refractivity contribution in [3.05, 3.63) is 35.4 Å². The Hall–Kier alpha value is -1.15. The molecule has 0 saturated heterocycles. The molecule has 1 aromatic carbocycles. The second kappa shape index (κ2) is 25.8. The summed E-state index contributed by atoms with van der Waals surface area (Å²) in [7, 11) is 0. The average Bonchev–Trinajstić information content (AvgIpc) is 2.59. The fraction of sp³-hybridized carbons (Fsp3) is 0.667. The van der Waals surface area contributed by atoms with E-state index in [9.17, 15) is 4.79 Å². The molecule has 0 aliphatic heterocycles. The van der Waals surface area contributed by atoms with E-state index in [1.807, 2.05) is 65.8 Å². The Kier molecular flexibility index (Phi) is 33.4. The molecule has 0 atom stereocenters. The monoisotopic (exact) mass is 326 g/mol. The number of carbonyl (C=O) groups is 1. The molecule has 138 valence electrons. The first kappa shape index (κ1) is 29.8. The van der Waals surface area contributed by atoms with Crippen LogP contribution in [0.1, 0.15) is 86.3 Å². The van der Waals surface area contributed by atoms with Crippen molar-refractivity contribution < 1.29 is 9.90 Å². The van der Waals surface area contributed by atoms with Crippen molar-refractivity contribution in [2.75, 3.05) is 0 Å². The number of aliphatic hydroxyl groups is 1. The first-order valence-electron chi connectivity index (χ1n) is 9.03. The summed E-state index contributed by atoms with van der Waals surface area (Å²) in [6.07, 6.45) is 1.97. The maximum atomic E-state index is 9.81. The summed E-state index contributed by atoms with van der Waals surface area (Å²) >= 11 is 0. The Morgan fingerprint density at radius 1 is 1.09 bits per heavy atom. The highest BCUT2D eigenvalue weighted by Crippen LogP contribution is 2.02. The van der Waals surface area contributed by atoms with Gasteiger partial charge in [-0.15, -0.1) is 0 Å². The lowest BCUT2D eigenvalue weighted by Crippen LogP contribution is -1.81. The lowest BCUT2D eigenvalue weighted by Gasteiger charge is -1.94. The van der Waals surface area contributed by atoms with E-state index in [-0.39, 0.29) is 12.4 Å². The lowest BCUT2D eigenvalue weighted by atomic mass is 10.1. The highest BCUT2D eigenvalue weighted by atomic mass is 16.3. The van der Waals surface area contributed by atoms with Gasteiger partial charge >= 0.3 is 0 Å². The molecular weight excluding hydrogens is 284 g/mol. The second-order valence-electron chi connectivity index (χ2n) is 5.00. The zero-order chi connectivity index (χ0) is 19.3. The summed E-state index contributed by atoms with van der Waals surface area (Å²) in [5.41, 5.74) is 2.18. The highest BCUT2D eigenvalue weighted by molar-refractivity contribution is 5.74. The minimum Gasteiger partial charge on any atom is -0.392 e. The highest BCUT2D eigenvalue weighted by Gasteiger charge is 1.86. The Morgan fingerprint density at radius 3 is 1.65 bits per heavy atom. The standard InChI is InChI=1S/C8H10O.C5H12.C4H8O.2C2H6/c1-7-3-2-4-8(5-7)6-9;1-4-5(2)3;1-3-4(2)5;2*1-2/h2-5,9H,6H2,1H3;5H,4H2,1-3H3;3H2,1-2H3;2*1-2H3. The van der Waals surface area contributed by atoms with E-state index in [0.29, 0.717) is 6.42 Å². The zero-order valence-corrected chi connectivity index (χ0v) is 17.4. The van der Waals surface area contributed by atoms with Gasteiger partial charge in [-0.1, -0.05) is 91.6 Å². The van der Waals surface area contributed by atoms with Crippen LogP contribution in [0.25, 0.3) is 0 Å². The Morgan fingerprint density at radius 2 is 1.48 bits per heavy atom. The van der Waals surface area contributed by atoms with Crippen molar-refractivity contribution in [1.82, 2.24) is 0 Å². The van der Waals surface area contributed by atoms with Gasteiger partial charge in [0.25, 0.3) is 0 Å². The van der Waals surface area contributed by atoms with Gasteiger partial charge < -0.3 is 9.90 Å². The molecule has 0 saturated carbocycles. The topological polar surface area (TPSA) is 37.3 Å². The van der Waals surface area contributed by atoms with Gasteiger partial charge in [0, 0.05) is 6.42 Å². The summed E-state index contributed by atoms with van der Waals surface area (Å²) in [4.78, 5) is 9.81. The van der Waals surface area contributed by atoms with E-state index in [1.54, 1.807) is 6.92 Å². The number of hydrogen-bond acceptors (Lipinski definition) is 2. The molecule has 0 spiro atoms. The third-order valence-corrected chi connectivity index (χ3v) is 2.58. The molecule has 1 aromatic rings. The van der Waals surface area contributed by atoms with Gasteiger partial charge in [-0.3, -0.25) is 0 Å². The maximum absolute atomic E-state index is 9.81. The van der Waals surface area contributed by atoms with Gasteiger partial charge in [0.2, 0.25) is 0 Å². The van der Waals surface area contributed by atoms with Crippen LogP contribution in [0.4, 0.5) is 0 Å². The van der Waals surface area contributed by atoms with Crippen molar-refractivity contribution in [1.29, 1.82) is 0 Å². The van der Waals surface area contributed by atoms with Crippen LogP contribution in [0.5, 0.6) is 0 Å². The molecule has 0 bridgehead atoms. The zero-order valence-electron chi connectivity index (χ0n) is 17.4. The van der Waals surface area contributed by atoms with Crippen LogP contribution in [0, 0.1) is 12.8 Å². The molecule has 1 rings (SSSR count). The van der Waals surface area contributed by atoms with E-state index in [0.717, 1.165) is 11.5 Å². The Labute approximate surface area is 146 Å². The van der Waals surface area contributed by atoms with Gasteiger partial charge in [0.15, 0.2) is 0 Å². The predicted octanol–water partition coefficient (Wildman–Crippen LogP) is 6.58. The predicted molar refractivity (Wildman–Crippen MR) is 106 cm³/mol. The third kappa shape index (κ3) is 33.6. The number of aliphatic hydroxyl groups excluding tert-OH is 1. The van der Waals surface area contributed by atoms with Crippen LogP contribution < -0.4 is 0 Å². The van der Waals surface area contributed by atoms with Crippen LogP contribution >= 0.6 is 0 Å². The molecule has 0 aliphatic carbocycles. The van der Waals surface area contributed by atoms with Crippen molar-refractivity contribution in [3.63, 3.8) is 0 Å². The SMILES string of the molecule is CC.CC.CCC(C)=O.CCC(C)C.Cc1cccc(CO)c1. The van der Waals surface area contributed by atoms with Crippen LogP contribution in [0.3, 0.4) is 0 Å². The van der Waals surface area contributed by atoms with Gasteiger partial charge in [-0.25, -0.2) is 0 Å². The van der Waals surface area contributed by atoms with E-state index < -0.39 is 0 Å². The maximum Gasteiger partial charge on any atom is 0.129 e. The first-order valence-corrected chi connectivity index (χ1v) is 9.03. The minimum atomic E-state index is 0.141. The fourth-order valence-electron chi connectivity index (χ4n) is 0.810. The molecule has 1 N–H and O–H groups in total. The molecule has 0 heterocycles. The van der Waals surface area contributed by atoms with Crippen molar-refractivity contribution in [2.24, 2.45) is 5.92 Å². The van der Waals surface area contributed by atoms with Crippen LogP contribution in [-0.4, -0.2) is 10.9 Å². The lowest BCUT2D eigenvalue weighted by molar-refractivity contribution is -0.116. The number of Topliss-reactive ketones (excluding diaryl/α,β-unsaturated/α-hetero) is 1. The number of aryl methyl sites for hydroxylation is 1. The van der Waals surface area contributed by atoms with Gasteiger partial charge in [0.05, 0.1) is 6.61 Å². The third-order valence-electron chi connectivity index (χ3n) is 2.58. The van der Waals surface area contributed by atoms with Crippen molar-refractivity contribution >= 4 is 5.78 Å². The van der Waals surface area contributed by atoms with Gasteiger partial charge in [0.1, 0.15) is 5.78 Å². The normalized spacial score (nSPS) is 8.00. The molecule has 2 heteroatoms. The van der Waals surface area contributed by atoms with Crippen LogP contribution in [0.15, 0.2) is 24.3 Å². The Balaban J connectivity index is -0.000000112.